The van der Waals surface area contributed by atoms with Crippen LogP contribution in [0.3, 0.4) is 0 Å². The van der Waals surface area contributed by atoms with Gasteiger partial charge in [0.1, 0.15) is 4.38 Å². The van der Waals surface area contributed by atoms with E-state index in [1.165, 1.54) is 18.6 Å². The molecule has 2 aromatic rings. The molecule has 1 aliphatic rings. The van der Waals surface area contributed by atoms with Crippen LogP contribution in [0.15, 0.2) is 45.2 Å². The number of hydrogen-bond donors (Lipinski definition) is 0. The number of hydrogen-bond acceptors (Lipinski definition) is 4. The van der Waals surface area contributed by atoms with E-state index in [1.54, 1.807) is 11.3 Å². The highest BCUT2D eigenvalue weighted by Gasteiger charge is 2.12. The van der Waals surface area contributed by atoms with E-state index in [-0.39, 0.29) is 0 Å². The third-order valence-corrected chi connectivity index (χ3v) is 6.62. The Bertz CT molecular complexity index is 591. The summed E-state index contributed by atoms with van der Waals surface area (Å²) in [7, 11) is 0. The molecule has 1 aromatic heterocycles. The Morgan fingerprint density at radius 1 is 1.22 bits per heavy atom. The molecule has 1 aromatic carbocycles. The maximum absolute atomic E-state index is 4.70. The average Bonchev–Trinajstić information content (AvgIpc) is 2.82. The number of nitrogens with zero attached hydrogens (tertiary/aromatic N) is 1. The fraction of sp³-hybridized carbons (Fsp3) is 0.154. The molecule has 1 aliphatic heterocycles. The van der Waals surface area contributed by atoms with Crippen LogP contribution in [-0.2, 0) is 11.5 Å². The normalized spacial score (nSPS) is 14.2. The summed E-state index contributed by atoms with van der Waals surface area (Å²) in [6, 6.07) is 12.7. The van der Waals surface area contributed by atoms with E-state index < -0.39 is 0 Å². The van der Waals surface area contributed by atoms with Gasteiger partial charge in [-0.15, -0.1) is 11.3 Å². The molecule has 0 unspecified atom stereocenters. The molecule has 5 heteroatoms. The molecule has 2 heterocycles. The standard InChI is InChI=1S/C13H10BrNS3/c14-12-6-5-10(18-12)8-17-13-15-11-4-2-1-3-9(11)7-16-13/h1-6H,7-8H2. The van der Waals surface area contributed by atoms with Gasteiger partial charge in [0.05, 0.1) is 9.47 Å². The van der Waals surface area contributed by atoms with Crippen LogP contribution in [0.25, 0.3) is 0 Å². The van der Waals surface area contributed by atoms with Crippen LogP contribution in [-0.4, -0.2) is 4.38 Å². The Balaban J connectivity index is 1.70. The Labute approximate surface area is 127 Å². The van der Waals surface area contributed by atoms with Gasteiger partial charge in [0.2, 0.25) is 0 Å². The molecule has 0 atom stereocenters. The highest BCUT2D eigenvalue weighted by molar-refractivity contribution is 9.11. The van der Waals surface area contributed by atoms with Gasteiger partial charge in [-0.2, -0.15) is 0 Å². The molecule has 0 radical (unpaired) electrons. The fourth-order valence-corrected chi connectivity index (χ4v) is 5.24. The molecule has 18 heavy (non-hydrogen) atoms. The van der Waals surface area contributed by atoms with Crippen molar-refractivity contribution < 1.29 is 0 Å². The largest absolute Gasteiger partial charge is 0.235 e. The summed E-state index contributed by atoms with van der Waals surface area (Å²) >= 11 is 8.95. The lowest BCUT2D eigenvalue weighted by molar-refractivity contribution is 1.36. The van der Waals surface area contributed by atoms with E-state index in [9.17, 15) is 0 Å². The molecule has 0 fully saturated rings. The summed E-state index contributed by atoms with van der Waals surface area (Å²) < 4.78 is 2.37. The highest BCUT2D eigenvalue weighted by atomic mass is 79.9. The molecule has 3 rings (SSSR count). The van der Waals surface area contributed by atoms with Crippen molar-refractivity contribution in [3.05, 3.63) is 50.6 Å². The molecular weight excluding hydrogens is 346 g/mol. The number of benzene rings is 1. The quantitative estimate of drug-likeness (QED) is 0.686. The first-order valence-corrected chi connectivity index (χ1v) is 9.06. The molecule has 0 amide bonds. The molecule has 0 N–H and O–H groups in total. The van der Waals surface area contributed by atoms with Crippen LogP contribution in [0.4, 0.5) is 5.69 Å². The zero-order valence-corrected chi connectivity index (χ0v) is 13.5. The minimum Gasteiger partial charge on any atom is -0.235 e. The number of thioether (sulfide) groups is 2. The SMILES string of the molecule is Brc1ccc(CSC2=Nc3ccccc3CS2)s1. The molecule has 0 spiro atoms. The van der Waals surface area contributed by atoms with Crippen molar-refractivity contribution in [1.82, 2.24) is 0 Å². The third kappa shape index (κ3) is 3.02. The topological polar surface area (TPSA) is 12.4 Å². The van der Waals surface area contributed by atoms with Gasteiger partial charge in [0, 0.05) is 16.4 Å². The number of halogens is 1. The number of aliphatic imine (C=N–C) groups is 1. The maximum atomic E-state index is 4.70. The minimum atomic E-state index is 1.00. The van der Waals surface area contributed by atoms with Gasteiger partial charge < -0.3 is 0 Å². The first kappa shape index (κ1) is 12.8. The smallest absolute Gasteiger partial charge is 0.131 e. The van der Waals surface area contributed by atoms with Gasteiger partial charge in [0.15, 0.2) is 0 Å². The second-order valence-electron chi connectivity index (χ2n) is 3.79. The Kier molecular flexibility index (Phi) is 4.13. The highest BCUT2D eigenvalue weighted by Crippen LogP contribution is 2.36. The van der Waals surface area contributed by atoms with Crippen LogP contribution in [0.5, 0.6) is 0 Å². The maximum Gasteiger partial charge on any atom is 0.131 e. The van der Waals surface area contributed by atoms with E-state index in [0.717, 1.165) is 17.2 Å². The van der Waals surface area contributed by atoms with Crippen molar-refractivity contribution in [1.29, 1.82) is 0 Å². The van der Waals surface area contributed by atoms with Crippen LogP contribution < -0.4 is 0 Å². The van der Waals surface area contributed by atoms with Crippen molar-refractivity contribution in [3.8, 4) is 0 Å². The molecular formula is C13H10BrNS3. The molecule has 0 aliphatic carbocycles. The lowest BCUT2D eigenvalue weighted by Gasteiger charge is -2.13. The van der Waals surface area contributed by atoms with E-state index >= 15 is 0 Å². The van der Waals surface area contributed by atoms with E-state index in [1.807, 2.05) is 23.5 Å². The summed E-state index contributed by atoms with van der Waals surface area (Å²) in [6.07, 6.45) is 0. The lowest BCUT2D eigenvalue weighted by Crippen LogP contribution is -1.95. The first-order valence-electron chi connectivity index (χ1n) is 5.48. The summed E-state index contributed by atoms with van der Waals surface area (Å²) in [4.78, 5) is 6.09. The molecule has 1 nitrogen and oxygen atoms in total. The van der Waals surface area contributed by atoms with Gasteiger partial charge in [-0.25, -0.2) is 4.99 Å². The fourth-order valence-electron chi connectivity index (χ4n) is 1.65. The minimum absolute atomic E-state index is 1.00. The Morgan fingerprint density at radius 2 is 2.11 bits per heavy atom. The second-order valence-corrected chi connectivity index (χ2v) is 8.52. The van der Waals surface area contributed by atoms with E-state index in [4.69, 9.17) is 4.99 Å². The van der Waals surface area contributed by atoms with E-state index in [2.05, 4.69) is 52.3 Å². The van der Waals surface area contributed by atoms with Crippen molar-refractivity contribution in [2.24, 2.45) is 4.99 Å². The summed E-state index contributed by atoms with van der Waals surface area (Å²) in [6.45, 7) is 0. The van der Waals surface area contributed by atoms with E-state index in [0.29, 0.717) is 0 Å². The first-order chi connectivity index (χ1) is 8.81. The number of para-hydroxylation sites is 1. The molecule has 92 valence electrons. The van der Waals surface area contributed by atoms with Crippen molar-refractivity contribution in [3.63, 3.8) is 0 Å². The zero-order valence-electron chi connectivity index (χ0n) is 9.43. The average molecular weight is 356 g/mol. The number of thiophene rings is 1. The predicted octanol–water partition coefficient (Wildman–Crippen LogP) is 5.68. The van der Waals surface area contributed by atoms with Crippen molar-refractivity contribution in [2.75, 3.05) is 0 Å². The van der Waals surface area contributed by atoms with Gasteiger partial charge in [0.25, 0.3) is 0 Å². The van der Waals surface area contributed by atoms with Crippen LogP contribution in [0.2, 0.25) is 0 Å². The monoisotopic (exact) mass is 355 g/mol. The van der Waals surface area contributed by atoms with Crippen molar-refractivity contribution >= 4 is 60.9 Å². The van der Waals surface area contributed by atoms with Gasteiger partial charge in [-0.3, -0.25) is 0 Å². The van der Waals surface area contributed by atoms with Crippen molar-refractivity contribution in [2.45, 2.75) is 11.5 Å². The Morgan fingerprint density at radius 3 is 2.94 bits per heavy atom. The third-order valence-electron chi connectivity index (χ3n) is 2.52. The summed E-state index contributed by atoms with van der Waals surface area (Å²) in [5.41, 5.74) is 2.47. The van der Waals surface area contributed by atoms with Gasteiger partial charge >= 0.3 is 0 Å². The van der Waals surface area contributed by atoms with Gasteiger partial charge in [-0.05, 0) is 39.7 Å². The molecule has 0 saturated carbocycles. The second kappa shape index (κ2) is 5.82. The van der Waals surface area contributed by atoms with Crippen LogP contribution >= 0.6 is 50.8 Å². The lowest BCUT2D eigenvalue weighted by atomic mass is 10.2. The molecule has 0 bridgehead atoms. The molecule has 0 saturated heterocycles. The summed E-state index contributed by atoms with van der Waals surface area (Å²) in [5, 5.41) is 0. The number of rotatable bonds is 2. The number of fused-ring (bicyclic) bond motifs is 1. The van der Waals surface area contributed by atoms with Crippen LogP contribution in [0.1, 0.15) is 10.4 Å². The predicted molar refractivity (Wildman–Crippen MR) is 88.1 cm³/mol. The van der Waals surface area contributed by atoms with Crippen LogP contribution in [0, 0.1) is 0 Å². The zero-order chi connectivity index (χ0) is 12.4. The van der Waals surface area contributed by atoms with Gasteiger partial charge in [-0.1, -0.05) is 41.7 Å². The summed E-state index contributed by atoms with van der Waals surface area (Å²) in [5.74, 6) is 2.04. The Hall–Kier alpha value is -0.230.